The van der Waals surface area contributed by atoms with Crippen LogP contribution in [0.1, 0.15) is 21.5 Å². The van der Waals surface area contributed by atoms with E-state index in [9.17, 15) is 14.7 Å². The van der Waals surface area contributed by atoms with Crippen LogP contribution >= 0.6 is 0 Å². The maximum Gasteiger partial charge on any atom is 1.00 e. The van der Waals surface area contributed by atoms with Gasteiger partial charge in [-0.15, -0.1) is 0 Å². The number of carbonyl (C=O) groups excluding carboxylic acids is 2. The van der Waals surface area contributed by atoms with E-state index in [0.717, 1.165) is 11.3 Å². The number of aromatic nitrogens is 2. The molecule has 35 heavy (non-hydrogen) atoms. The van der Waals surface area contributed by atoms with Crippen molar-refractivity contribution in [1.82, 2.24) is 10.3 Å². The largest absolute Gasteiger partial charge is 1.00 e. The first-order valence-corrected chi connectivity index (χ1v) is 10.5. The molecule has 0 fully saturated rings. The van der Waals surface area contributed by atoms with Crippen LogP contribution in [0.2, 0.25) is 0 Å². The van der Waals surface area contributed by atoms with Crippen LogP contribution in [-0.2, 0) is 11.2 Å². The fourth-order valence-electron chi connectivity index (χ4n) is 3.70. The number of carboxylic acid groups (broad SMARTS) is 1. The van der Waals surface area contributed by atoms with E-state index in [1.807, 2.05) is 43.3 Å². The summed E-state index contributed by atoms with van der Waals surface area (Å²) in [6.07, 6.45) is 0.0883. The summed E-state index contributed by atoms with van der Waals surface area (Å²) in [6, 6.07) is 18.8. The van der Waals surface area contributed by atoms with E-state index in [1.165, 1.54) is 13.2 Å². The number of carboxylic acids is 1. The molecule has 0 radical (unpaired) electrons. The molecule has 0 saturated heterocycles. The number of hydrogen-bond donors (Lipinski definition) is 0. The Morgan fingerprint density at radius 3 is 2.29 bits per heavy atom. The van der Waals surface area contributed by atoms with E-state index in [0.29, 0.717) is 22.3 Å². The second-order valence-corrected chi connectivity index (χ2v) is 7.91. The van der Waals surface area contributed by atoms with Crippen LogP contribution < -0.4 is 44.3 Å². The van der Waals surface area contributed by atoms with Crippen molar-refractivity contribution in [3.8, 4) is 5.75 Å². The zero-order valence-corrected chi connectivity index (χ0v) is 21.9. The monoisotopic (exact) mass is 479 g/mol. The van der Waals surface area contributed by atoms with Crippen molar-refractivity contribution >= 4 is 34.0 Å². The number of nitrogens with zero attached hydrogens (tertiary/aromatic N) is 3. The van der Waals surface area contributed by atoms with E-state index in [2.05, 4.69) is 10.3 Å². The van der Waals surface area contributed by atoms with Crippen molar-refractivity contribution < 1.29 is 53.6 Å². The molecule has 0 saturated carbocycles. The number of anilines is 1. The number of carbonyl (C=O) groups is 2. The number of methoxy groups -OCH3 is 1. The number of hydrogen-bond acceptors (Lipinski definition) is 8. The Morgan fingerprint density at radius 1 is 0.943 bits per heavy atom. The van der Waals surface area contributed by atoms with Gasteiger partial charge in [0.05, 0.1) is 13.1 Å². The van der Waals surface area contributed by atoms with Crippen LogP contribution in [0, 0.1) is 0 Å². The topological polar surface area (TPSA) is 109 Å². The number of fused-ring (bicyclic) bond motifs is 1. The van der Waals surface area contributed by atoms with E-state index >= 15 is 0 Å². The van der Waals surface area contributed by atoms with Gasteiger partial charge in [0.25, 0.3) is 0 Å². The van der Waals surface area contributed by atoms with Crippen LogP contribution in [0.5, 0.6) is 5.75 Å². The third kappa shape index (κ3) is 5.79. The first-order valence-electron chi connectivity index (χ1n) is 10.5. The molecule has 4 rings (SSSR count). The Morgan fingerprint density at radius 2 is 1.63 bits per heavy atom. The van der Waals surface area contributed by atoms with E-state index in [4.69, 9.17) is 9.37 Å². The first-order chi connectivity index (χ1) is 16.4. The summed E-state index contributed by atoms with van der Waals surface area (Å²) in [5, 5.41) is 20.0. The average molecular weight is 479 g/mol. The van der Waals surface area contributed by atoms with Crippen molar-refractivity contribution in [1.29, 1.82) is 0 Å². The van der Waals surface area contributed by atoms with Gasteiger partial charge in [0.1, 0.15) is 16.8 Å². The zero-order valence-electron chi connectivity index (χ0n) is 19.9. The molecule has 0 spiro atoms. The van der Waals surface area contributed by atoms with E-state index in [-0.39, 0.29) is 52.7 Å². The van der Waals surface area contributed by atoms with Gasteiger partial charge < -0.3 is 19.5 Å². The van der Waals surface area contributed by atoms with Gasteiger partial charge in [0.2, 0.25) is 0 Å². The van der Waals surface area contributed by atoms with Crippen molar-refractivity contribution in [2.75, 3.05) is 26.1 Å². The van der Waals surface area contributed by atoms with Crippen LogP contribution in [0.4, 0.5) is 5.69 Å². The minimum atomic E-state index is -1.46. The molecule has 0 aliphatic carbocycles. The predicted octanol–water partition coefficient (Wildman–Crippen LogP) is -0.0695. The minimum absolute atomic E-state index is 0. The molecule has 0 unspecified atom stereocenters. The number of rotatable bonds is 8. The maximum absolute atomic E-state index is 13.7. The summed E-state index contributed by atoms with van der Waals surface area (Å²) in [6.45, 7) is 0. The van der Waals surface area contributed by atoms with Gasteiger partial charge in [0.15, 0.2) is 5.78 Å². The van der Waals surface area contributed by atoms with Crippen molar-refractivity contribution in [3.63, 3.8) is 0 Å². The smallest absolute Gasteiger partial charge is 0.545 e. The Hall–Kier alpha value is -3.46. The van der Waals surface area contributed by atoms with Gasteiger partial charge in [-0.1, -0.05) is 18.2 Å². The molecule has 0 aliphatic heterocycles. The van der Waals surface area contributed by atoms with Gasteiger partial charge in [-0.3, -0.25) is 4.79 Å². The molecule has 0 atom stereocenters. The summed E-state index contributed by atoms with van der Waals surface area (Å²) in [5.41, 5.74) is 3.07. The number of ether oxygens (including phenoxy) is 1. The molecule has 1 aromatic heterocycles. The van der Waals surface area contributed by atoms with Crippen LogP contribution in [0.15, 0.2) is 76.9 Å². The summed E-state index contributed by atoms with van der Waals surface area (Å²) in [4.78, 5) is 28.0. The fraction of sp³-hybridized carbons (Fsp3) is 0.154. The first kappa shape index (κ1) is 26.2. The van der Waals surface area contributed by atoms with Crippen molar-refractivity contribution in [2.45, 2.75) is 6.42 Å². The van der Waals surface area contributed by atoms with Gasteiger partial charge in [-0.05, 0) is 70.0 Å². The van der Waals surface area contributed by atoms with Gasteiger partial charge in [-0.25, -0.2) is 4.63 Å². The summed E-state index contributed by atoms with van der Waals surface area (Å²) in [5.74, 6) is -1.29. The molecule has 9 heteroatoms. The molecule has 172 valence electrons. The number of Topliss-reactive ketones (excluding diaryl/α,β-unsaturated/α-hetero) is 1. The van der Waals surface area contributed by atoms with Gasteiger partial charge in [0, 0.05) is 42.9 Å². The van der Waals surface area contributed by atoms with Crippen LogP contribution in [0.3, 0.4) is 0 Å². The molecule has 8 nitrogen and oxygen atoms in total. The van der Waals surface area contributed by atoms with Gasteiger partial charge in [-0.2, -0.15) is 0 Å². The Kier molecular flexibility index (Phi) is 8.45. The second kappa shape index (κ2) is 11.3. The van der Waals surface area contributed by atoms with Crippen molar-refractivity contribution in [3.05, 3.63) is 89.0 Å². The Balaban J connectivity index is 0.00000342. The maximum atomic E-state index is 13.7. The number of ketones is 1. The van der Waals surface area contributed by atoms with Crippen molar-refractivity contribution in [2.24, 2.45) is 0 Å². The summed E-state index contributed by atoms with van der Waals surface area (Å²) in [7, 11) is 5.35. The Labute approximate surface area is 224 Å². The Bertz CT molecular complexity index is 1390. The molecule has 4 aromatic rings. The third-order valence-corrected chi connectivity index (χ3v) is 5.48. The van der Waals surface area contributed by atoms with E-state index in [1.54, 1.807) is 36.4 Å². The fourth-order valence-corrected chi connectivity index (χ4v) is 3.70. The van der Waals surface area contributed by atoms with Crippen LogP contribution in [0.25, 0.3) is 16.6 Å². The predicted molar refractivity (Wildman–Crippen MR) is 126 cm³/mol. The average Bonchev–Trinajstić information content (AvgIpc) is 3.31. The SMILES string of the molecule is COc1ccc(C(=O)C(Cc2cccc(N(C)C)c2)=C(C(=O)[O-])c2ccc3nonc3c2)cc1.[Na+]. The number of benzene rings is 3. The minimum Gasteiger partial charge on any atom is -0.545 e. The summed E-state index contributed by atoms with van der Waals surface area (Å²) < 4.78 is 9.90. The van der Waals surface area contributed by atoms with E-state index < -0.39 is 11.8 Å². The van der Waals surface area contributed by atoms with Crippen LogP contribution in [-0.4, -0.2) is 43.3 Å². The standard InChI is InChI=1S/C26H23N3O5.Na/c1-29(2)19-6-4-5-16(13-19)14-21(25(30)17-7-10-20(33-3)11-8-17)24(26(31)32)18-9-12-22-23(15-18)28-34-27-22;/h4-13,15H,14H2,1-3H3,(H,31,32);/q;+1/p-1. The molecular weight excluding hydrogens is 457 g/mol. The van der Waals surface area contributed by atoms with Gasteiger partial charge >= 0.3 is 29.6 Å². The summed E-state index contributed by atoms with van der Waals surface area (Å²) >= 11 is 0. The number of aliphatic carboxylic acids is 1. The molecule has 0 N–H and O–H groups in total. The quantitative estimate of drug-likeness (QED) is 0.196. The number of allylic oxidation sites excluding steroid dienone is 1. The second-order valence-electron chi connectivity index (χ2n) is 7.91. The zero-order chi connectivity index (χ0) is 24.2. The third-order valence-electron chi connectivity index (χ3n) is 5.48. The molecule has 0 aliphatic rings. The molecule has 0 amide bonds. The normalized spacial score (nSPS) is 11.4. The molecule has 0 bridgehead atoms. The molecular formula is C26H22N3NaO5. The molecule has 3 aromatic carbocycles. The molecule has 1 heterocycles.